The van der Waals surface area contributed by atoms with Gasteiger partial charge in [0, 0.05) is 5.56 Å². The van der Waals surface area contributed by atoms with Crippen LogP contribution in [-0.2, 0) is 4.79 Å². The molecule has 4 nitrogen and oxygen atoms in total. The number of benzene rings is 1. The van der Waals surface area contributed by atoms with Gasteiger partial charge < -0.3 is 14.9 Å². The van der Waals surface area contributed by atoms with Gasteiger partial charge in [-0.25, -0.2) is 9.18 Å². The van der Waals surface area contributed by atoms with Crippen molar-refractivity contribution in [2.24, 2.45) is 0 Å². The zero-order chi connectivity index (χ0) is 11.6. The Bertz CT molecular complexity index is 394. The molecule has 0 spiro atoms. The van der Waals surface area contributed by atoms with Gasteiger partial charge >= 0.3 is 5.97 Å². The van der Waals surface area contributed by atoms with E-state index in [1.165, 1.54) is 13.2 Å². The summed E-state index contributed by atoms with van der Waals surface area (Å²) in [7, 11) is 1.30. The number of carbonyl (C=O) groups is 1. The van der Waals surface area contributed by atoms with E-state index in [1.807, 2.05) is 0 Å². The van der Waals surface area contributed by atoms with Gasteiger partial charge in [0.25, 0.3) is 0 Å². The Morgan fingerprint density at radius 1 is 1.60 bits per heavy atom. The van der Waals surface area contributed by atoms with E-state index in [9.17, 15) is 9.18 Å². The van der Waals surface area contributed by atoms with Gasteiger partial charge in [-0.15, -0.1) is 0 Å². The smallest absolute Gasteiger partial charge is 0.337 e. The summed E-state index contributed by atoms with van der Waals surface area (Å²) in [6.07, 6.45) is -1.94. The highest BCUT2D eigenvalue weighted by molar-refractivity contribution is 6.32. The van der Waals surface area contributed by atoms with Gasteiger partial charge in [-0.3, -0.25) is 0 Å². The Labute approximate surface area is 89.9 Å². The minimum absolute atomic E-state index is 0.0792. The predicted molar refractivity (Wildman–Crippen MR) is 50.6 cm³/mol. The van der Waals surface area contributed by atoms with Gasteiger partial charge in [-0.05, 0) is 12.1 Å². The minimum atomic E-state index is -1.94. The molecule has 1 unspecified atom stereocenters. The number of carboxylic acid groups (broad SMARTS) is 1. The second kappa shape index (κ2) is 4.46. The third kappa shape index (κ3) is 2.19. The molecule has 1 atom stereocenters. The molecule has 1 rings (SSSR count). The normalized spacial score (nSPS) is 12.3. The summed E-state index contributed by atoms with van der Waals surface area (Å²) in [6.45, 7) is 0. The van der Waals surface area contributed by atoms with Gasteiger partial charge in [-0.1, -0.05) is 11.6 Å². The number of halogens is 2. The largest absolute Gasteiger partial charge is 0.495 e. The van der Waals surface area contributed by atoms with E-state index in [4.69, 9.17) is 26.6 Å². The highest BCUT2D eigenvalue weighted by Crippen LogP contribution is 2.31. The standard InChI is InChI=1S/C9H8ClFO4/c1-15-5-3-2-4(7(11)6(5)10)8(12)9(13)14/h2-3,8,12H,1H3,(H,13,14). The molecule has 0 saturated heterocycles. The molecule has 0 heterocycles. The lowest BCUT2D eigenvalue weighted by Crippen LogP contribution is -2.12. The third-order valence-corrected chi connectivity index (χ3v) is 2.18. The van der Waals surface area contributed by atoms with Crippen molar-refractivity contribution < 1.29 is 24.1 Å². The van der Waals surface area contributed by atoms with Crippen LogP contribution in [0.3, 0.4) is 0 Å². The average molecular weight is 235 g/mol. The molecule has 82 valence electrons. The Kier molecular flexibility index (Phi) is 3.49. The first-order chi connectivity index (χ1) is 6.99. The summed E-state index contributed by atoms with van der Waals surface area (Å²) in [5.41, 5.74) is -0.395. The van der Waals surface area contributed by atoms with E-state index >= 15 is 0 Å². The van der Waals surface area contributed by atoms with Crippen LogP contribution in [0.4, 0.5) is 4.39 Å². The van der Waals surface area contributed by atoms with E-state index < -0.39 is 23.5 Å². The topological polar surface area (TPSA) is 66.8 Å². The van der Waals surface area contributed by atoms with Crippen molar-refractivity contribution >= 4 is 17.6 Å². The Balaban J connectivity index is 3.23. The van der Waals surface area contributed by atoms with Crippen LogP contribution in [0.1, 0.15) is 11.7 Å². The van der Waals surface area contributed by atoms with Crippen LogP contribution in [0, 0.1) is 5.82 Å². The second-order valence-electron chi connectivity index (χ2n) is 2.73. The summed E-state index contributed by atoms with van der Waals surface area (Å²) < 4.78 is 18.1. The summed E-state index contributed by atoms with van der Waals surface area (Å²) in [5, 5.41) is 17.3. The molecule has 1 aromatic carbocycles. The monoisotopic (exact) mass is 234 g/mol. The van der Waals surface area contributed by atoms with Gasteiger partial charge in [-0.2, -0.15) is 0 Å². The van der Waals surface area contributed by atoms with E-state index in [1.54, 1.807) is 0 Å². The third-order valence-electron chi connectivity index (χ3n) is 1.83. The van der Waals surface area contributed by atoms with Crippen LogP contribution in [0.2, 0.25) is 5.02 Å². The molecule has 0 aliphatic heterocycles. The molecule has 6 heteroatoms. The number of hydrogen-bond acceptors (Lipinski definition) is 3. The van der Waals surface area contributed by atoms with Crippen molar-refractivity contribution in [2.75, 3.05) is 7.11 Å². The summed E-state index contributed by atoms with van der Waals surface area (Å²) in [4.78, 5) is 10.4. The van der Waals surface area contributed by atoms with Crippen LogP contribution < -0.4 is 4.74 Å². The Hall–Kier alpha value is -1.33. The lowest BCUT2D eigenvalue weighted by atomic mass is 10.1. The number of aliphatic hydroxyl groups is 1. The van der Waals surface area contributed by atoms with Crippen molar-refractivity contribution in [1.82, 2.24) is 0 Å². The summed E-state index contributed by atoms with van der Waals surface area (Å²) in [6, 6.07) is 2.39. The highest BCUT2D eigenvalue weighted by Gasteiger charge is 2.23. The van der Waals surface area contributed by atoms with Gasteiger partial charge in [0.15, 0.2) is 11.9 Å². The summed E-state index contributed by atoms with van der Waals surface area (Å²) in [5.74, 6) is -2.46. The fourth-order valence-corrected chi connectivity index (χ4v) is 1.30. The fourth-order valence-electron chi connectivity index (χ4n) is 1.05. The molecule has 2 N–H and O–H groups in total. The molecule has 0 aliphatic rings. The maximum Gasteiger partial charge on any atom is 0.337 e. The van der Waals surface area contributed by atoms with Crippen molar-refractivity contribution in [3.63, 3.8) is 0 Å². The van der Waals surface area contributed by atoms with Crippen molar-refractivity contribution in [3.05, 3.63) is 28.5 Å². The predicted octanol–water partition coefficient (Wildman–Crippen LogP) is 1.61. The van der Waals surface area contributed by atoms with Gasteiger partial charge in [0.2, 0.25) is 0 Å². The second-order valence-corrected chi connectivity index (χ2v) is 3.10. The fraction of sp³-hybridized carbons (Fsp3) is 0.222. The molecule has 0 fully saturated rings. The van der Waals surface area contributed by atoms with E-state index in [-0.39, 0.29) is 10.8 Å². The highest BCUT2D eigenvalue weighted by atomic mass is 35.5. The van der Waals surface area contributed by atoms with Gasteiger partial charge in [0.1, 0.15) is 10.8 Å². The molecule has 1 aromatic rings. The maximum absolute atomic E-state index is 13.4. The quantitative estimate of drug-likeness (QED) is 0.834. The number of aliphatic hydroxyl groups excluding tert-OH is 1. The number of rotatable bonds is 3. The van der Waals surface area contributed by atoms with Crippen molar-refractivity contribution in [3.8, 4) is 5.75 Å². The van der Waals surface area contributed by atoms with Crippen LogP contribution in [-0.4, -0.2) is 23.3 Å². The van der Waals surface area contributed by atoms with E-state index in [0.717, 1.165) is 6.07 Å². The maximum atomic E-state index is 13.4. The van der Waals surface area contributed by atoms with Gasteiger partial charge in [0.05, 0.1) is 7.11 Å². The SMILES string of the molecule is COc1ccc(C(O)C(=O)O)c(F)c1Cl. The average Bonchev–Trinajstić information content (AvgIpc) is 2.21. The van der Waals surface area contributed by atoms with Crippen molar-refractivity contribution in [2.45, 2.75) is 6.10 Å². The van der Waals surface area contributed by atoms with Crippen LogP contribution >= 0.6 is 11.6 Å². The molecule has 0 radical (unpaired) electrons. The lowest BCUT2D eigenvalue weighted by molar-refractivity contribution is -0.147. The van der Waals surface area contributed by atoms with Crippen LogP contribution in [0.15, 0.2) is 12.1 Å². The first-order valence-electron chi connectivity index (χ1n) is 3.91. The molecule has 0 saturated carbocycles. The molecule has 0 aromatic heterocycles. The lowest BCUT2D eigenvalue weighted by Gasteiger charge is -2.10. The van der Waals surface area contributed by atoms with Crippen LogP contribution in [0.25, 0.3) is 0 Å². The van der Waals surface area contributed by atoms with Crippen LogP contribution in [0.5, 0.6) is 5.75 Å². The minimum Gasteiger partial charge on any atom is -0.495 e. The number of carboxylic acids is 1. The first kappa shape index (κ1) is 11.7. The molecule has 0 bridgehead atoms. The number of aliphatic carboxylic acids is 1. The zero-order valence-corrected chi connectivity index (χ0v) is 8.45. The van der Waals surface area contributed by atoms with Crippen molar-refractivity contribution in [1.29, 1.82) is 0 Å². The summed E-state index contributed by atoms with van der Waals surface area (Å²) >= 11 is 5.54. The molecular weight excluding hydrogens is 227 g/mol. The Morgan fingerprint density at radius 2 is 2.20 bits per heavy atom. The molecule has 0 aliphatic carbocycles. The molecular formula is C9H8ClFO4. The molecule has 0 amide bonds. The zero-order valence-electron chi connectivity index (χ0n) is 7.70. The van der Waals surface area contributed by atoms with E-state index in [0.29, 0.717) is 0 Å². The number of methoxy groups -OCH3 is 1. The number of hydrogen-bond donors (Lipinski definition) is 2. The molecule has 15 heavy (non-hydrogen) atoms. The first-order valence-corrected chi connectivity index (χ1v) is 4.29. The number of ether oxygens (including phenoxy) is 1. The Morgan fingerprint density at radius 3 is 2.67 bits per heavy atom. The van der Waals surface area contributed by atoms with E-state index in [2.05, 4.69) is 0 Å².